The molecule has 1 N–H and O–H groups in total. The lowest BCUT2D eigenvalue weighted by molar-refractivity contribution is 0.391. The summed E-state index contributed by atoms with van der Waals surface area (Å²) in [7, 11) is 0. The van der Waals surface area contributed by atoms with Crippen molar-refractivity contribution in [3.05, 3.63) is 53.2 Å². The van der Waals surface area contributed by atoms with Crippen LogP contribution < -0.4 is 5.32 Å². The summed E-state index contributed by atoms with van der Waals surface area (Å²) in [5.41, 5.74) is 2.92. The van der Waals surface area contributed by atoms with Crippen LogP contribution in [0.4, 0.5) is 0 Å². The molecule has 7 nitrogen and oxygen atoms in total. The van der Waals surface area contributed by atoms with Crippen molar-refractivity contribution in [1.29, 1.82) is 0 Å². The lowest BCUT2D eigenvalue weighted by Crippen LogP contribution is -2.17. The second-order valence-corrected chi connectivity index (χ2v) is 4.75. The minimum Gasteiger partial charge on any atom is -0.361 e. The van der Waals surface area contributed by atoms with E-state index in [0.29, 0.717) is 13.1 Å². The average molecular weight is 284 g/mol. The molecular weight excluding hydrogens is 268 g/mol. The van der Waals surface area contributed by atoms with Gasteiger partial charge in [-0.05, 0) is 36.4 Å². The van der Waals surface area contributed by atoms with Crippen molar-refractivity contribution in [3.8, 4) is 5.69 Å². The molecule has 0 fully saturated rings. The molecule has 2 heterocycles. The fourth-order valence-electron chi connectivity index (χ4n) is 2.14. The van der Waals surface area contributed by atoms with E-state index in [9.17, 15) is 0 Å². The van der Waals surface area contributed by atoms with Gasteiger partial charge in [0.25, 0.3) is 0 Å². The van der Waals surface area contributed by atoms with Crippen LogP contribution in [-0.4, -0.2) is 25.4 Å². The average Bonchev–Trinajstić information content (AvgIpc) is 3.09. The topological polar surface area (TPSA) is 81.7 Å². The van der Waals surface area contributed by atoms with Crippen molar-refractivity contribution in [2.45, 2.75) is 26.9 Å². The molecule has 0 unspecified atom stereocenters. The van der Waals surface area contributed by atoms with Crippen LogP contribution in [0.25, 0.3) is 5.69 Å². The number of hydrogen-bond acceptors (Lipinski definition) is 6. The van der Waals surface area contributed by atoms with Crippen LogP contribution in [0.3, 0.4) is 0 Å². The van der Waals surface area contributed by atoms with Crippen LogP contribution in [0.2, 0.25) is 0 Å². The molecule has 3 rings (SSSR count). The number of para-hydroxylation sites is 1. The standard InChI is InChI=1S/C14H16N6O/c1-10-13(11(2)21-17-10)8-15-9-14-16-18-19-20(14)12-6-4-3-5-7-12/h3-7,15H,8-9H2,1-2H3. The van der Waals surface area contributed by atoms with E-state index in [0.717, 1.165) is 28.5 Å². The molecule has 2 aromatic heterocycles. The Morgan fingerprint density at radius 2 is 1.95 bits per heavy atom. The van der Waals surface area contributed by atoms with Gasteiger partial charge in [0.2, 0.25) is 0 Å². The van der Waals surface area contributed by atoms with Crippen LogP contribution in [0.15, 0.2) is 34.9 Å². The highest BCUT2D eigenvalue weighted by Crippen LogP contribution is 2.12. The zero-order chi connectivity index (χ0) is 14.7. The molecule has 7 heteroatoms. The quantitative estimate of drug-likeness (QED) is 0.765. The van der Waals surface area contributed by atoms with E-state index in [4.69, 9.17) is 4.52 Å². The first kappa shape index (κ1) is 13.4. The Balaban J connectivity index is 1.68. The number of aryl methyl sites for hydroxylation is 2. The number of nitrogens with zero attached hydrogens (tertiary/aromatic N) is 5. The summed E-state index contributed by atoms with van der Waals surface area (Å²) in [4.78, 5) is 0. The number of rotatable bonds is 5. The van der Waals surface area contributed by atoms with Crippen LogP contribution in [0, 0.1) is 13.8 Å². The summed E-state index contributed by atoms with van der Waals surface area (Å²) < 4.78 is 6.86. The zero-order valence-corrected chi connectivity index (χ0v) is 11.9. The number of hydrogen-bond donors (Lipinski definition) is 1. The Labute approximate surface area is 122 Å². The maximum atomic E-state index is 5.14. The number of aromatic nitrogens is 5. The molecule has 0 aliphatic carbocycles. The van der Waals surface area contributed by atoms with Crippen molar-refractivity contribution in [1.82, 2.24) is 30.7 Å². The molecule has 108 valence electrons. The summed E-state index contributed by atoms with van der Waals surface area (Å²) in [5, 5.41) is 19.1. The van der Waals surface area contributed by atoms with Crippen LogP contribution in [0.5, 0.6) is 0 Å². The highest BCUT2D eigenvalue weighted by atomic mass is 16.5. The Bertz CT molecular complexity index is 699. The molecule has 0 aliphatic heterocycles. The lowest BCUT2D eigenvalue weighted by atomic mass is 10.2. The van der Waals surface area contributed by atoms with Gasteiger partial charge in [0.15, 0.2) is 5.82 Å². The van der Waals surface area contributed by atoms with Gasteiger partial charge in [-0.3, -0.25) is 0 Å². The van der Waals surface area contributed by atoms with Crippen molar-refractivity contribution in [2.24, 2.45) is 0 Å². The molecule has 0 saturated heterocycles. The molecule has 0 saturated carbocycles. The van der Waals surface area contributed by atoms with Gasteiger partial charge >= 0.3 is 0 Å². The molecule has 21 heavy (non-hydrogen) atoms. The Morgan fingerprint density at radius 3 is 2.67 bits per heavy atom. The minimum absolute atomic E-state index is 0.561. The predicted molar refractivity (Wildman–Crippen MR) is 75.7 cm³/mol. The summed E-state index contributed by atoms with van der Waals surface area (Å²) >= 11 is 0. The van der Waals surface area contributed by atoms with E-state index < -0.39 is 0 Å². The first-order chi connectivity index (χ1) is 10.3. The molecule has 0 bridgehead atoms. The zero-order valence-electron chi connectivity index (χ0n) is 11.9. The van der Waals surface area contributed by atoms with E-state index in [1.54, 1.807) is 4.68 Å². The van der Waals surface area contributed by atoms with Crippen LogP contribution >= 0.6 is 0 Å². The van der Waals surface area contributed by atoms with Gasteiger partial charge in [-0.2, -0.15) is 4.68 Å². The second kappa shape index (κ2) is 5.84. The van der Waals surface area contributed by atoms with E-state index in [2.05, 4.69) is 26.0 Å². The third-order valence-corrected chi connectivity index (χ3v) is 3.30. The molecule has 0 radical (unpaired) electrons. The second-order valence-electron chi connectivity index (χ2n) is 4.75. The van der Waals surface area contributed by atoms with Gasteiger partial charge in [-0.25, -0.2) is 0 Å². The maximum absolute atomic E-state index is 5.14. The Morgan fingerprint density at radius 1 is 1.14 bits per heavy atom. The number of benzene rings is 1. The largest absolute Gasteiger partial charge is 0.361 e. The summed E-state index contributed by atoms with van der Waals surface area (Å²) in [6.07, 6.45) is 0. The first-order valence-electron chi connectivity index (χ1n) is 6.71. The SMILES string of the molecule is Cc1noc(C)c1CNCc1nnnn1-c1ccccc1. The van der Waals surface area contributed by atoms with E-state index in [-0.39, 0.29) is 0 Å². The van der Waals surface area contributed by atoms with E-state index >= 15 is 0 Å². The number of nitrogens with one attached hydrogen (secondary N) is 1. The van der Waals surface area contributed by atoms with Gasteiger partial charge in [0.1, 0.15) is 5.76 Å². The lowest BCUT2D eigenvalue weighted by Gasteiger charge is -2.05. The first-order valence-corrected chi connectivity index (χ1v) is 6.71. The van der Waals surface area contributed by atoms with Gasteiger partial charge in [-0.15, -0.1) is 5.10 Å². The van der Waals surface area contributed by atoms with Gasteiger partial charge in [-0.1, -0.05) is 23.4 Å². The molecular formula is C14H16N6O. The fourth-order valence-corrected chi connectivity index (χ4v) is 2.14. The smallest absolute Gasteiger partial charge is 0.170 e. The number of tetrazole rings is 1. The van der Waals surface area contributed by atoms with Gasteiger partial charge in [0, 0.05) is 12.1 Å². The normalized spacial score (nSPS) is 11.0. The third kappa shape index (κ3) is 2.82. The van der Waals surface area contributed by atoms with E-state index in [1.165, 1.54) is 0 Å². The Hall–Kier alpha value is -2.54. The predicted octanol–water partition coefficient (Wildman–Crippen LogP) is 1.56. The van der Waals surface area contributed by atoms with Gasteiger partial charge in [0.05, 0.1) is 17.9 Å². The Kier molecular flexibility index (Phi) is 3.74. The molecule has 3 aromatic rings. The minimum atomic E-state index is 0.561. The molecule has 1 aromatic carbocycles. The summed E-state index contributed by atoms with van der Waals surface area (Å²) in [6, 6.07) is 9.81. The van der Waals surface area contributed by atoms with Crippen molar-refractivity contribution in [3.63, 3.8) is 0 Å². The summed E-state index contributed by atoms with van der Waals surface area (Å²) in [6.45, 7) is 5.07. The van der Waals surface area contributed by atoms with E-state index in [1.807, 2.05) is 44.2 Å². The molecule has 0 aliphatic rings. The third-order valence-electron chi connectivity index (χ3n) is 3.30. The monoisotopic (exact) mass is 284 g/mol. The van der Waals surface area contributed by atoms with Crippen molar-refractivity contribution >= 4 is 0 Å². The molecule has 0 amide bonds. The molecule has 0 atom stereocenters. The summed E-state index contributed by atoms with van der Waals surface area (Å²) in [5.74, 6) is 1.59. The van der Waals surface area contributed by atoms with Crippen LogP contribution in [-0.2, 0) is 13.1 Å². The molecule has 0 spiro atoms. The highest BCUT2D eigenvalue weighted by molar-refractivity contribution is 5.30. The maximum Gasteiger partial charge on any atom is 0.170 e. The van der Waals surface area contributed by atoms with Crippen LogP contribution in [0.1, 0.15) is 22.8 Å². The highest BCUT2D eigenvalue weighted by Gasteiger charge is 2.10. The van der Waals surface area contributed by atoms with Crippen molar-refractivity contribution in [2.75, 3.05) is 0 Å². The fraction of sp³-hybridized carbons (Fsp3) is 0.286. The van der Waals surface area contributed by atoms with Gasteiger partial charge < -0.3 is 9.84 Å². The van der Waals surface area contributed by atoms with Crippen molar-refractivity contribution < 1.29 is 4.52 Å².